The average Bonchev–Trinajstić information content (AvgIpc) is 2.75. The van der Waals surface area contributed by atoms with Crippen molar-refractivity contribution >= 4 is 0 Å². The average molecular weight is 150 g/mol. The Balaban J connectivity index is 2.16. The van der Waals surface area contributed by atoms with Gasteiger partial charge in [-0.1, -0.05) is 13.3 Å². The standard InChI is InChI=1S/C9H14N2/c1-2-3-8-6-7-10-11(8)9-4-5-9/h6-7,9H,2-5H2,1H3. The van der Waals surface area contributed by atoms with Crippen molar-refractivity contribution in [2.24, 2.45) is 0 Å². The van der Waals surface area contributed by atoms with Crippen molar-refractivity contribution in [3.8, 4) is 0 Å². The van der Waals surface area contributed by atoms with Gasteiger partial charge in [-0.05, 0) is 25.3 Å². The van der Waals surface area contributed by atoms with Crippen molar-refractivity contribution in [2.75, 3.05) is 0 Å². The predicted molar refractivity (Wildman–Crippen MR) is 44.5 cm³/mol. The molecule has 0 aliphatic heterocycles. The molecule has 0 saturated heterocycles. The quantitative estimate of drug-likeness (QED) is 0.645. The molecule has 1 aromatic rings. The van der Waals surface area contributed by atoms with E-state index in [2.05, 4.69) is 22.8 Å². The number of rotatable bonds is 3. The van der Waals surface area contributed by atoms with E-state index in [1.54, 1.807) is 0 Å². The van der Waals surface area contributed by atoms with Crippen LogP contribution in [0.1, 0.15) is 37.9 Å². The molecule has 1 aliphatic carbocycles. The third kappa shape index (κ3) is 1.30. The molecular formula is C9H14N2. The highest BCUT2D eigenvalue weighted by atomic mass is 15.3. The molecule has 2 nitrogen and oxygen atoms in total. The maximum absolute atomic E-state index is 4.31. The van der Waals surface area contributed by atoms with Crippen molar-refractivity contribution in [3.63, 3.8) is 0 Å². The second kappa shape index (κ2) is 2.68. The molecule has 0 spiro atoms. The monoisotopic (exact) mass is 150 g/mol. The third-order valence-electron chi connectivity index (χ3n) is 2.15. The first kappa shape index (κ1) is 6.89. The molecule has 1 saturated carbocycles. The second-order valence-corrected chi connectivity index (χ2v) is 3.25. The molecule has 0 unspecified atom stereocenters. The summed E-state index contributed by atoms with van der Waals surface area (Å²) in [5.74, 6) is 0. The first-order chi connectivity index (χ1) is 5.42. The number of hydrogen-bond acceptors (Lipinski definition) is 1. The zero-order valence-electron chi connectivity index (χ0n) is 6.95. The lowest BCUT2D eigenvalue weighted by molar-refractivity contribution is 0.600. The largest absolute Gasteiger partial charge is 0.267 e. The molecule has 0 amide bonds. The summed E-state index contributed by atoms with van der Waals surface area (Å²) in [6.07, 6.45) is 6.98. The van der Waals surface area contributed by atoms with Gasteiger partial charge in [0.15, 0.2) is 0 Å². The fourth-order valence-electron chi connectivity index (χ4n) is 1.44. The molecule has 60 valence electrons. The Morgan fingerprint density at radius 2 is 2.45 bits per heavy atom. The Morgan fingerprint density at radius 3 is 3.09 bits per heavy atom. The van der Waals surface area contributed by atoms with Crippen molar-refractivity contribution < 1.29 is 0 Å². The van der Waals surface area contributed by atoms with Crippen LogP contribution in [0.4, 0.5) is 0 Å². The van der Waals surface area contributed by atoms with E-state index in [-0.39, 0.29) is 0 Å². The van der Waals surface area contributed by atoms with Crippen molar-refractivity contribution in [1.29, 1.82) is 0 Å². The summed E-state index contributed by atoms with van der Waals surface area (Å²) in [6.45, 7) is 2.21. The van der Waals surface area contributed by atoms with Crippen molar-refractivity contribution in [2.45, 2.75) is 38.6 Å². The number of aromatic nitrogens is 2. The molecule has 1 fully saturated rings. The van der Waals surface area contributed by atoms with E-state index < -0.39 is 0 Å². The summed E-state index contributed by atoms with van der Waals surface area (Å²) in [5, 5.41) is 4.31. The maximum atomic E-state index is 4.31. The molecule has 2 rings (SSSR count). The molecule has 0 radical (unpaired) electrons. The van der Waals surface area contributed by atoms with E-state index in [1.165, 1.54) is 31.4 Å². The highest BCUT2D eigenvalue weighted by Crippen LogP contribution is 2.35. The normalized spacial score (nSPS) is 17.2. The highest BCUT2D eigenvalue weighted by Gasteiger charge is 2.25. The fraction of sp³-hybridized carbons (Fsp3) is 0.667. The van der Waals surface area contributed by atoms with Crippen LogP contribution in [0.2, 0.25) is 0 Å². The molecule has 0 N–H and O–H groups in total. The van der Waals surface area contributed by atoms with Gasteiger partial charge in [0.25, 0.3) is 0 Å². The topological polar surface area (TPSA) is 17.8 Å². The van der Waals surface area contributed by atoms with E-state index in [1.807, 2.05) is 6.20 Å². The predicted octanol–water partition coefficient (Wildman–Crippen LogP) is 2.17. The molecule has 1 aromatic heterocycles. The van der Waals surface area contributed by atoms with Crippen LogP contribution in [0.5, 0.6) is 0 Å². The van der Waals surface area contributed by atoms with E-state index in [0.717, 1.165) is 6.04 Å². The second-order valence-electron chi connectivity index (χ2n) is 3.25. The lowest BCUT2D eigenvalue weighted by Crippen LogP contribution is -2.01. The van der Waals surface area contributed by atoms with Crippen LogP contribution in [0.15, 0.2) is 12.3 Å². The minimum Gasteiger partial charge on any atom is -0.267 e. The van der Waals surface area contributed by atoms with Gasteiger partial charge in [0.05, 0.1) is 6.04 Å². The minimum absolute atomic E-state index is 0.742. The van der Waals surface area contributed by atoms with Crippen LogP contribution in [-0.4, -0.2) is 9.78 Å². The lowest BCUT2D eigenvalue weighted by atomic mass is 10.2. The summed E-state index contributed by atoms with van der Waals surface area (Å²) in [6, 6.07) is 2.88. The minimum atomic E-state index is 0.742. The van der Waals surface area contributed by atoms with Crippen LogP contribution in [0.3, 0.4) is 0 Å². The molecule has 0 atom stereocenters. The van der Waals surface area contributed by atoms with E-state index in [9.17, 15) is 0 Å². The Hall–Kier alpha value is -0.790. The summed E-state index contributed by atoms with van der Waals surface area (Å²) in [4.78, 5) is 0. The summed E-state index contributed by atoms with van der Waals surface area (Å²) >= 11 is 0. The van der Waals surface area contributed by atoms with E-state index in [4.69, 9.17) is 0 Å². The van der Waals surface area contributed by atoms with Gasteiger partial charge in [-0.25, -0.2) is 0 Å². The third-order valence-corrected chi connectivity index (χ3v) is 2.15. The SMILES string of the molecule is CCCc1ccnn1C1CC1. The Morgan fingerprint density at radius 1 is 1.64 bits per heavy atom. The van der Waals surface area contributed by atoms with E-state index in [0.29, 0.717) is 0 Å². The Bertz CT molecular complexity index is 235. The van der Waals surface area contributed by atoms with Crippen LogP contribution in [0, 0.1) is 0 Å². The van der Waals surface area contributed by atoms with Crippen molar-refractivity contribution in [3.05, 3.63) is 18.0 Å². The zero-order chi connectivity index (χ0) is 7.68. The maximum Gasteiger partial charge on any atom is 0.0524 e. The van der Waals surface area contributed by atoms with Gasteiger partial charge < -0.3 is 0 Å². The Labute approximate surface area is 67.2 Å². The summed E-state index contributed by atoms with van der Waals surface area (Å²) < 4.78 is 2.20. The smallest absolute Gasteiger partial charge is 0.0524 e. The van der Waals surface area contributed by atoms with Crippen LogP contribution in [-0.2, 0) is 6.42 Å². The first-order valence-corrected chi connectivity index (χ1v) is 4.44. The van der Waals surface area contributed by atoms with Crippen LogP contribution >= 0.6 is 0 Å². The first-order valence-electron chi connectivity index (χ1n) is 4.44. The van der Waals surface area contributed by atoms with Crippen molar-refractivity contribution in [1.82, 2.24) is 9.78 Å². The fourth-order valence-corrected chi connectivity index (χ4v) is 1.44. The Kier molecular flexibility index (Phi) is 1.68. The molecule has 1 heterocycles. The van der Waals surface area contributed by atoms with Gasteiger partial charge in [-0.2, -0.15) is 5.10 Å². The lowest BCUT2D eigenvalue weighted by Gasteiger charge is -2.02. The highest BCUT2D eigenvalue weighted by molar-refractivity contribution is 5.04. The molecule has 0 bridgehead atoms. The van der Waals surface area contributed by atoms with E-state index >= 15 is 0 Å². The van der Waals surface area contributed by atoms with Crippen LogP contribution < -0.4 is 0 Å². The van der Waals surface area contributed by atoms with Gasteiger partial charge in [0.1, 0.15) is 0 Å². The molecule has 2 heteroatoms. The molecule has 1 aliphatic rings. The van der Waals surface area contributed by atoms with Gasteiger partial charge in [-0.15, -0.1) is 0 Å². The summed E-state index contributed by atoms with van der Waals surface area (Å²) in [5.41, 5.74) is 1.41. The van der Waals surface area contributed by atoms with Gasteiger partial charge in [-0.3, -0.25) is 4.68 Å². The number of nitrogens with zero attached hydrogens (tertiary/aromatic N) is 2. The number of aryl methyl sites for hydroxylation is 1. The molecule has 0 aromatic carbocycles. The molecular weight excluding hydrogens is 136 g/mol. The molecule has 11 heavy (non-hydrogen) atoms. The zero-order valence-corrected chi connectivity index (χ0v) is 6.95. The van der Waals surface area contributed by atoms with Gasteiger partial charge in [0.2, 0.25) is 0 Å². The summed E-state index contributed by atoms with van der Waals surface area (Å²) in [7, 11) is 0. The van der Waals surface area contributed by atoms with Gasteiger partial charge >= 0.3 is 0 Å². The van der Waals surface area contributed by atoms with Gasteiger partial charge in [0, 0.05) is 11.9 Å². The number of hydrogen-bond donors (Lipinski definition) is 0. The van der Waals surface area contributed by atoms with Crippen LogP contribution in [0.25, 0.3) is 0 Å².